The smallest absolute Gasteiger partial charge is 0.142 e. The molecule has 5 nitrogen and oxygen atoms in total. The van der Waals surface area contributed by atoms with E-state index in [0.29, 0.717) is 0 Å². The third kappa shape index (κ3) is 4.50. The number of nitrogens with one attached hydrogen (secondary N) is 1. The molecule has 5 heteroatoms. The monoisotopic (exact) mass is 375 g/mol. The highest BCUT2D eigenvalue weighted by Crippen LogP contribution is 2.26. The van der Waals surface area contributed by atoms with Crippen LogP contribution in [0.1, 0.15) is 17.2 Å². The molecule has 144 valence electrons. The zero-order chi connectivity index (χ0) is 19.2. The van der Waals surface area contributed by atoms with E-state index in [1.165, 1.54) is 11.1 Å². The summed E-state index contributed by atoms with van der Waals surface area (Å²) in [5, 5.41) is 3.31. The van der Waals surface area contributed by atoms with Crippen molar-refractivity contribution in [2.24, 2.45) is 0 Å². The second-order valence-electron chi connectivity index (χ2n) is 6.88. The minimum absolute atomic E-state index is 0.134. The number of pyridine rings is 1. The molecule has 1 unspecified atom stereocenters. The second kappa shape index (κ2) is 8.87. The lowest BCUT2D eigenvalue weighted by atomic mass is 10.1. The Morgan fingerprint density at radius 3 is 2.68 bits per heavy atom. The highest BCUT2D eigenvalue weighted by atomic mass is 16.5. The van der Waals surface area contributed by atoms with E-state index in [1.54, 1.807) is 7.11 Å². The molecule has 1 fully saturated rings. The number of methoxy groups -OCH3 is 1. The Morgan fingerprint density at radius 2 is 1.89 bits per heavy atom. The maximum atomic E-state index is 5.96. The van der Waals surface area contributed by atoms with Crippen LogP contribution in [0.25, 0.3) is 0 Å². The molecule has 0 radical (unpaired) electrons. The number of ether oxygens (including phenoxy) is 2. The average Bonchev–Trinajstić information content (AvgIpc) is 2.76. The normalized spacial score (nSPS) is 17.2. The number of anilines is 2. The van der Waals surface area contributed by atoms with Gasteiger partial charge in [0.15, 0.2) is 0 Å². The van der Waals surface area contributed by atoms with Crippen molar-refractivity contribution in [1.29, 1.82) is 0 Å². The number of aromatic nitrogens is 1. The summed E-state index contributed by atoms with van der Waals surface area (Å²) in [6, 6.07) is 22.4. The van der Waals surface area contributed by atoms with E-state index < -0.39 is 0 Å². The SMILES string of the molecule is COc1ccccc1Nc1ccc(CN2CCOC(c3ccccc3)C2)cn1. The lowest BCUT2D eigenvalue weighted by Crippen LogP contribution is -2.37. The maximum Gasteiger partial charge on any atom is 0.142 e. The van der Waals surface area contributed by atoms with Gasteiger partial charge in [0.25, 0.3) is 0 Å². The van der Waals surface area contributed by atoms with Gasteiger partial charge in [-0.3, -0.25) is 4.90 Å². The minimum Gasteiger partial charge on any atom is -0.495 e. The van der Waals surface area contributed by atoms with Crippen LogP contribution in [0.3, 0.4) is 0 Å². The van der Waals surface area contributed by atoms with Crippen LogP contribution in [-0.2, 0) is 11.3 Å². The fourth-order valence-corrected chi connectivity index (χ4v) is 3.45. The van der Waals surface area contributed by atoms with E-state index in [-0.39, 0.29) is 6.10 Å². The molecule has 1 aliphatic heterocycles. The third-order valence-electron chi connectivity index (χ3n) is 4.92. The molecule has 1 aromatic heterocycles. The molecule has 0 bridgehead atoms. The Kier molecular flexibility index (Phi) is 5.85. The molecular weight excluding hydrogens is 350 g/mol. The number of hydrogen-bond donors (Lipinski definition) is 1. The van der Waals surface area contributed by atoms with Gasteiger partial charge in [-0.1, -0.05) is 48.5 Å². The molecule has 0 amide bonds. The first-order chi connectivity index (χ1) is 13.8. The van der Waals surface area contributed by atoms with Crippen LogP contribution in [0.2, 0.25) is 0 Å². The molecule has 2 heterocycles. The van der Waals surface area contributed by atoms with Crippen molar-refractivity contribution >= 4 is 11.5 Å². The van der Waals surface area contributed by atoms with Gasteiger partial charge < -0.3 is 14.8 Å². The molecule has 2 aromatic carbocycles. The zero-order valence-corrected chi connectivity index (χ0v) is 16.0. The third-order valence-corrected chi connectivity index (χ3v) is 4.92. The first-order valence-corrected chi connectivity index (χ1v) is 9.56. The van der Waals surface area contributed by atoms with E-state index in [4.69, 9.17) is 9.47 Å². The van der Waals surface area contributed by atoms with Gasteiger partial charge in [0.05, 0.1) is 25.5 Å². The van der Waals surface area contributed by atoms with Gasteiger partial charge in [0.1, 0.15) is 11.6 Å². The van der Waals surface area contributed by atoms with Crippen LogP contribution < -0.4 is 10.1 Å². The summed E-state index contributed by atoms with van der Waals surface area (Å²) in [6.07, 6.45) is 2.07. The highest BCUT2D eigenvalue weighted by Gasteiger charge is 2.21. The zero-order valence-electron chi connectivity index (χ0n) is 16.0. The molecule has 0 aliphatic carbocycles. The van der Waals surface area contributed by atoms with Gasteiger partial charge in [-0.25, -0.2) is 4.98 Å². The number of hydrogen-bond acceptors (Lipinski definition) is 5. The van der Waals surface area contributed by atoms with E-state index in [9.17, 15) is 0 Å². The first kappa shape index (κ1) is 18.5. The molecular formula is C23H25N3O2. The van der Waals surface area contributed by atoms with E-state index in [2.05, 4.69) is 45.5 Å². The molecule has 3 aromatic rings. The quantitative estimate of drug-likeness (QED) is 0.692. The molecule has 0 spiro atoms. The summed E-state index contributed by atoms with van der Waals surface area (Å²) in [7, 11) is 1.67. The van der Waals surface area contributed by atoms with Crippen LogP contribution in [0, 0.1) is 0 Å². The Bertz CT molecular complexity index is 884. The van der Waals surface area contributed by atoms with E-state index >= 15 is 0 Å². The molecule has 1 atom stereocenters. The first-order valence-electron chi connectivity index (χ1n) is 9.56. The maximum absolute atomic E-state index is 5.96. The fraction of sp³-hybridized carbons (Fsp3) is 0.261. The van der Waals surface area contributed by atoms with Gasteiger partial charge in [0.2, 0.25) is 0 Å². The Morgan fingerprint density at radius 1 is 1.07 bits per heavy atom. The standard InChI is InChI=1S/C23H25N3O2/c1-27-21-10-6-5-9-20(21)25-23-12-11-18(15-24-23)16-26-13-14-28-22(17-26)19-7-3-2-4-8-19/h2-12,15,22H,13-14,16-17H2,1H3,(H,24,25). The van der Waals surface area contributed by atoms with Crippen molar-refractivity contribution in [2.45, 2.75) is 12.6 Å². The molecule has 1 aliphatic rings. The minimum atomic E-state index is 0.134. The van der Waals surface area contributed by atoms with E-state index in [1.807, 2.05) is 42.6 Å². The predicted octanol–water partition coefficient (Wildman–Crippen LogP) is 4.41. The Hall–Kier alpha value is -2.89. The second-order valence-corrected chi connectivity index (χ2v) is 6.88. The van der Waals surface area contributed by atoms with Crippen molar-refractivity contribution in [3.63, 3.8) is 0 Å². The number of benzene rings is 2. The molecule has 4 rings (SSSR count). The summed E-state index contributed by atoms with van der Waals surface area (Å²) in [6.45, 7) is 3.45. The number of para-hydroxylation sites is 2. The van der Waals surface area contributed by atoms with Crippen LogP contribution in [0.15, 0.2) is 72.9 Å². The van der Waals surface area contributed by atoms with Gasteiger partial charge in [-0.2, -0.15) is 0 Å². The lowest BCUT2D eigenvalue weighted by molar-refractivity contribution is -0.0329. The van der Waals surface area contributed by atoms with Crippen LogP contribution in [0.4, 0.5) is 11.5 Å². The predicted molar refractivity (Wildman–Crippen MR) is 111 cm³/mol. The van der Waals surface area contributed by atoms with Crippen LogP contribution >= 0.6 is 0 Å². The van der Waals surface area contributed by atoms with Crippen molar-refractivity contribution in [2.75, 3.05) is 32.1 Å². The summed E-state index contributed by atoms with van der Waals surface area (Å²) >= 11 is 0. The summed E-state index contributed by atoms with van der Waals surface area (Å²) in [5.41, 5.74) is 3.34. The summed E-state index contributed by atoms with van der Waals surface area (Å²) in [5.74, 6) is 1.60. The van der Waals surface area contributed by atoms with Gasteiger partial charge in [0, 0.05) is 25.8 Å². The van der Waals surface area contributed by atoms with Crippen molar-refractivity contribution < 1.29 is 9.47 Å². The van der Waals surface area contributed by atoms with Crippen LogP contribution in [0.5, 0.6) is 5.75 Å². The average molecular weight is 375 g/mol. The number of rotatable bonds is 6. The Labute approximate surface area is 165 Å². The van der Waals surface area contributed by atoms with E-state index in [0.717, 1.165) is 43.5 Å². The molecule has 1 saturated heterocycles. The van der Waals surface area contributed by atoms with Gasteiger partial charge >= 0.3 is 0 Å². The number of morpholine rings is 1. The Balaban J connectivity index is 1.38. The van der Waals surface area contributed by atoms with Crippen molar-refractivity contribution in [1.82, 2.24) is 9.88 Å². The van der Waals surface area contributed by atoms with Crippen molar-refractivity contribution in [3.8, 4) is 5.75 Å². The lowest BCUT2D eigenvalue weighted by Gasteiger charge is -2.33. The summed E-state index contributed by atoms with van der Waals surface area (Å²) in [4.78, 5) is 6.99. The number of nitrogens with zero attached hydrogens (tertiary/aromatic N) is 2. The van der Waals surface area contributed by atoms with Gasteiger partial charge in [-0.15, -0.1) is 0 Å². The molecule has 0 saturated carbocycles. The van der Waals surface area contributed by atoms with Crippen LogP contribution in [-0.4, -0.2) is 36.7 Å². The van der Waals surface area contributed by atoms with Gasteiger partial charge in [-0.05, 0) is 29.3 Å². The topological polar surface area (TPSA) is 46.6 Å². The highest BCUT2D eigenvalue weighted by molar-refractivity contribution is 5.63. The fourth-order valence-electron chi connectivity index (χ4n) is 3.45. The largest absolute Gasteiger partial charge is 0.495 e. The molecule has 28 heavy (non-hydrogen) atoms. The van der Waals surface area contributed by atoms with Crippen molar-refractivity contribution in [3.05, 3.63) is 84.1 Å². The molecule has 1 N–H and O–H groups in total. The summed E-state index contributed by atoms with van der Waals surface area (Å²) < 4.78 is 11.3.